The van der Waals surface area contributed by atoms with Gasteiger partial charge in [0.2, 0.25) is 0 Å². The average molecular weight is 142 g/mol. The Hall–Kier alpha value is -1.03. The van der Waals surface area contributed by atoms with Gasteiger partial charge in [-0.15, -0.1) is 0 Å². The van der Waals surface area contributed by atoms with Gasteiger partial charge in [-0.1, -0.05) is 0 Å². The molecule has 0 aliphatic carbocycles. The normalized spacial score (nSPS) is 10.2. The standard InChI is InChI=1S/C6H10N2O2/c1-7-4-5-3-6(9)10-8(5)2/h3,7H,4H2,1-2H3. The minimum atomic E-state index is -0.298. The third-order valence-electron chi connectivity index (χ3n) is 1.27. The second kappa shape index (κ2) is 2.70. The molecule has 0 aliphatic rings. The quantitative estimate of drug-likeness (QED) is 0.616. The fraction of sp³-hybridized carbons (Fsp3) is 0.500. The molecule has 0 amide bonds. The molecule has 0 bridgehead atoms. The van der Waals surface area contributed by atoms with Gasteiger partial charge in [0.15, 0.2) is 0 Å². The van der Waals surface area contributed by atoms with Gasteiger partial charge in [0.25, 0.3) is 0 Å². The van der Waals surface area contributed by atoms with Crippen molar-refractivity contribution in [2.75, 3.05) is 7.05 Å². The van der Waals surface area contributed by atoms with Crippen molar-refractivity contribution < 1.29 is 4.52 Å². The predicted octanol–water partition coefficient (Wildman–Crippen LogP) is -0.302. The topological polar surface area (TPSA) is 47.2 Å². The molecule has 0 aliphatic heterocycles. The molecule has 4 nitrogen and oxygen atoms in total. The van der Waals surface area contributed by atoms with Crippen LogP contribution in [-0.2, 0) is 13.6 Å². The zero-order valence-electron chi connectivity index (χ0n) is 6.05. The molecule has 0 saturated carbocycles. The molecule has 1 N–H and O–H groups in total. The lowest BCUT2D eigenvalue weighted by Crippen LogP contribution is -2.08. The highest BCUT2D eigenvalue weighted by Gasteiger charge is 1.99. The summed E-state index contributed by atoms with van der Waals surface area (Å²) in [5, 5.41) is 2.92. The smallest absolute Gasteiger partial charge is 0.336 e. The average Bonchev–Trinajstić information content (AvgIpc) is 2.13. The van der Waals surface area contributed by atoms with Crippen LogP contribution in [0.15, 0.2) is 15.4 Å². The van der Waals surface area contributed by atoms with Gasteiger partial charge in [-0.05, 0) is 7.05 Å². The summed E-state index contributed by atoms with van der Waals surface area (Å²) in [4.78, 5) is 10.6. The molecule has 1 aromatic rings. The van der Waals surface area contributed by atoms with E-state index in [0.29, 0.717) is 6.54 Å². The number of nitrogens with one attached hydrogen (secondary N) is 1. The molecule has 0 saturated heterocycles. The van der Waals surface area contributed by atoms with Crippen LogP contribution in [0, 0.1) is 0 Å². The Morgan fingerprint density at radius 3 is 2.90 bits per heavy atom. The highest BCUT2D eigenvalue weighted by molar-refractivity contribution is 4.96. The second-order valence-electron chi connectivity index (χ2n) is 2.07. The Morgan fingerprint density at radius 1 is 1.80 bits per heavy atom. The van der Waals surface area contributed by atoms with E-state index in [2.05, 4.69) is 9.84 Å². The van der Waals surface area contributed by atoms with Crippen LogP contribution in [0.2, 0.25) is 0 Å². The summed E-state index contributed by atoms with van der Waals surface area (Å²) in [5.74, 6) is 0. The lowest BCUT2D eigenvalue weighted by molar-refractivity contribution is 0.276. The third kappa shape index (κ3) is 1.27. The van der Waals surface area contributed by atoms with Crippen LogP contribution >= 0.6 is 0 Å². The van der Waals surface area contributed by atoms with Crippen molar-refractivity contribution in [3.8, 4) is 0 Å². The van der Waals surface area contributed by atoms with Crippen molar-refractivity contribution in [2.45, 2.75) is 6.54 Å². The third-order valence-corrected chi connectivity index (χ3v) is 1.27. The molecule has 10 heavy (non-hydrogen) atoms. The van der Waals surface area contributed by atoms with E-state index in [9.17, 15) is 4.79 Å². The maximum absolute atomic E-state index is 10.6. The van der Waals surface area contributed by atoms with E-state index in [-0.39, 0.29) is 5.63 Å². The van der Waals surface area contributed by atoms with Gasteiger partial charge in [-0.2, -0.15) is 0 Å². The Labute approximate surface area is 58.4 Å². The maximum Gasteiger partial charge on any atom is 0.357 e. The molecule has 0 radical (unpaired) electrons. The van der Waals surface area contributed by atoms with E-state index >= 15 is 0 Å². The highest BCUT2D eigenvalue weighted by atomic mass is 16.5. The minimum absolute atomic E-state index is 0.298. The zero-order valence-corrected chi connectivity index (χ0v) is 6.05. The summed E-state index contributed by atoms with van der Waals surface area (Å²) in [5.41, 5.74) is 0.556. The molecule has 0 fully saturated rings. The Bertz CT molecular complexity index is 261. The van der Waals surface area contributed by atoms with E-state index in [1.54, 1.807) is 7.05 Å². The summed E-state index contributed by atoms with van der Waals surface area (Å²) in [6, 6.07) is 1.47. The fourth-order valence-corrected chi connectivity index (χ4v) is 0.790. The molecular formula is C6H10N2O2. The fourth-order valence-electron chi connectivity index (χ4n) is 0.790. The van der Waals surface area contributed by atoms with Crippen molar-refractivity contribution in [3.63, 3.8) is 0 Å². The predicted molar refractivity (Wildman–Crippen MR) is 36.7 cm³/mol. The van der Waals surface area contributed by atoms with E-state index in [1.165, 1.54) is 10.8 Å². The molecule has 0 unspecified atom stereocenters. The number of rotatable bonds is 2. The van der Waals surface area contributed by atoms with Gasteiger partial charge in [0.1, 0.15) is 0 Å². The maximum atomic E-state index is 10.6. The van der Waals surface area contributed by atoms with Crippen LogP contribution in [0.4, 0.5) is 0 Å². The molecule has 1 aromatic heterocycles. The van der Waals surface area contributed by atoms with E-state index in [1.807, 2.05) is 7.05 Å². The summed E-state index contributed by atoms with van der Waals surface area (Å²) in [6.45, 7) is 0.655. The number of aromatic nitrogens is 1. The molecule has 1 rings (SSSR count). The van der Waals surface area contributed by atoms with Crippen molar-refractivity contribution in [2.24, 2.45) is 7.05 Å². The second-order valence-corrected chi connectivity index (χ2v) is 2.07. The van der Waals surface area contributed by atoms with Crippen molar-refractivity contribution in [3.05, 3.63) is 22.2 Å². The van der Waals surface area contributed by atoms with Crippen LogP contribution < -0.4 is 10.9 Å². The Kier molecular flexibility index (Phi) is 1.91. The molecule has 4 heteroatoms. The number of hydrogen-bond acceptors (Lipinski definition) is 3. The first-order chi connectivity index (χ1) is 4.74. The van der Waals surface area contributed by atoms with Crippen molar-refractivity contribution >= 4 is 0 Å². The van der Waals surface area contributed by atoms with Crippen LogP contribution in [0.25, 0.3) is 0 Å². The molecular weight excluding hydrogens is 132 g/mol. The monoisotopic (exact) mass is 142 g/mol. The van der Waals surface area contributed by atoms with Crippen LogP contribution in [-0.4, -0.2) is 11.8 Å². The zero-order chi connectivity index (χ0) is 7.56. The van der Waals surface area contributed by atoms with Crippen LogP contribution in [0.3, 0.4) is 0 Å². The lowest BCUT2D eigenvalue weighted by atomic mass is 10.4. The lowest BCUT2D eigenvalue weighted by Gasteiger charge is -1.96. The number of hydrogen-bond donors (Lipinski definition) is 1. The van der Waals surface area contributed by atoms with Gasteiger partial charge in [0.05, 0.1) is 5.69 Å². The van der Waals surface area contributed by atoms with Crippen molar-refractivity contribution in [1.82, 2.24) is 10.1 Å². The largest absolute Gasteiger partial charge is 0.357 e. The first kappa shape index (κ1) is 7.08. The van der Waals surface area contributed by atoms with Gasteiger partial charge in [-0.25, -0.2) is 9.53 Å². The highest BCUT2D eigenvalue weighted by Crippen LogP contribution is 1.91. The molecule has 1 heterocycles. The Balaban J connectivity index is 2.92. The summed E-state index contributed by atoms with van der Waals surface area (Å²) in [7, 11) is 3.52. The molecule has 0 aromatic carbocycles. The van der Waals surface area contributed by atoms with E-state index in [0.717, 1.165) is 5.69 Å². The summed E-state index contributed by atoms with van der Waals surface area (Å²) >= 11 is 0. The van der Waals surface area contributed by atoms with Gasteiger partial charge in [-0.3, -0.25) is 0 Å². The summed E-state index contributed by atoms with van der Waals surface area (Å²) in [6.07, 6.45) is 0. The van der Waals surface area contributed by atoms with E-state index < -0.39 is 0 Å². The molecule has 56 valence electrons. The van der Waals surface area contributed by atoms with Crippen LogP contribution in [0.5, 0.6) is 0 Å². The number of nitrogens with zero attached hydrogens (tertiary/aromatic N) is 1. The summed E-state index contributed by atoms with van der Waals surface area (Å²) < 4.78 is 6.15. The van der Waals surface area contributed by atoms with Crippen LogP contribution in [0.1, 0.15) is 5.69 Å². The Morgan fingerprint density at radius 2 is 2.50 bits per heavy atom. The van der Waals surface area contributed by atoms with Gasteiger partial charge >= 0.3 is 5.63 Å². The first-order valence-electron chi connectivity index (χ1n) is 3.05. The first-order valence-corrected chi connectivity index (χ1v) is 3.05. The van der Waals surface area contributed by atoms with Gasteiger partial charge < -0.3 is 9.84 Å². The van der Waals surface area contributed by atoms with Gasteiger partial charge in [0, 0.05) is 19.7 Å². The SMILES string of the molecule is CNCc1cc(=O)on1C. The molecule has 0 spiro atoms. The van der Waals surface area contributed by atoms with Crippen molar-refractivity contribution in [1.29, 1.82) is 0 Å². The molecule has 0 atom stereocenters. The minimum Gasteiger partial charge on any atom is -0.336 e. The number of aryl methyl sites for hydroxylation is 1. The van der Waals surface area contributed by atoms with E-state index in [4.69, 9.17) is 0 Å².